The minimum atomic E-state index is 0.630. The molecule has 0 radical (unpaired) electrons. The Bertz CT molecular complexity index is 637. The summed E-state index contributed by atoms with van der Waals surface area (Å²) >= 11 is 5.85. The highest BCUT2D eigenvalue weighted by atomic mass is 35.5. The number of nitrogens with zero attached hydrogens (tertiary/aromatic N) is 4. The van der Waals surface area contributed by atoms with Gasteiger partial charge in [0.2, 0.25) is 0 Å². The third kappa shape index (κ3) is 3.01. The maximum atomic E-state index is 8.89. The number of hydrogen-bond donors (Lipinski definition) is 0. The lowest BCUT2D eigenvalue weighted by Crippen LogP contribution is -2.47. The largest absolute Gasteiger partial charge is 0.298 e. The van der Waals surface area contributed by atoms with Crippen LogP contribution in [0.4, 0.5) is 0 Å². The van der Waals surface area contributed by atoms with Crippen molar-refractivity contribution in [2.75, 3.05) is 13.1 Å². The smallest absolute Gasteiger partial charge is 0.0991 e. The van der Waals surface area contributed by atoms with Gasteiger partial charge in [-0.25, -0.2) is 0 Å². The average molecular weight is 287 g/mol. The Kier molecular flexibility index (Phi) is 3.72. The lowest BCUT2D eigenvalue weighted by Gasteiger charge is -2.39. The van der Waals surface area contributed by atoms with E-state index in [1.54, 1.807) is 6.20 Å². The van der Waals surface area contributed by atoms with Crippen LogP contribution in [0.5, 0.6) is 0 Å². The zero-order valence-corrected chi connectivity index (χ0v) is 11.8. The number of likely N-dealkylation sites (tertiary alicyclic amines) is 1. The summed E-state index contributed by atoms with van der Waals surface area (Å²) in [4.78, 5) is 2.38. The summed E-state index contributed by atoms with van der Waals surface area (Å²) in [6.45, 7) is 3.95. The Morgan fingerprint density at radius 2 is 2.25 bits per heavy atom. The van der Waals surface area contributed by atoms with Crippen LogP contribution in [0, 0.1) is 17.2 Å². The molecule has 1 aliphatic rings. The molecule has 0 spiro atoms. The first-order valence-electron chi connectivity index (χ1n) is 6.62. The number of aromatic nitrogens is 2. The van der Waals surface area contributed by atoms with Crippen molar-refractivity contribution in [3.8, 4) is 6.07 Å². The van der Waals surface area contributed by atoms with Gasteiger partial charge in [-0.1, -0.05) is 23.7 Å². The minimum Gasteiger partial charge on any atom is -0.298 e. The molecule has 0 atom stereocenters. The normalized spacial score (nSPS) is 15.8. The van der Waals surface area contributed by atoms with E-state index in [4.69, 9.17) is 16.9 Å². The second kappa shape index (κ2) is 5.66. The Balaban J connectivity index is 1.49. The molecule has 0 aliphatic carbocycles. The molecule has 0 unspecified atom stereocenters. The van der Waals surface area contributed by atoms with Crippen LogP contribution in [0.2, 0.25) is 5.02 Å². The predicted octanol–water partition coefficient (Wildman–Crippen LogP) is 2.54. The number of nitriles is 1. The number of halogens is 1. The van der Waals surface area contributed by atoms with E-state index in [-0.39, 0.29) is 0 Å². The van der Waals surface area contributed by atoms with Crippen LogP contribution in [0.1, 0.15) is 11.1 Å². The van der Waals surface area contributed by atoms with Gasteiger partial charge in [0.25, 0.3) is 0 Å². The average Bonchev–Trinajstić information content (AvgIpc) is 2.82. The van der Waals surface area contributed by atoms with Crippen molar-refractivity contribution in [1.29, 1.82) is 5.26 Å². The summed E-state index contributed by atoms with van der Waals surface area (Å²) in [6, 6.07) is 9.99. The summed E-state index contributed by atoms with van der Waals surface area (Å²) in [7, 11) is 0. The van der Waals surface area contributed by atoms with Gasteiger partial charge in [0, 0.05) is 38.3 Å². The van der Waals surface area contributed by atoms with Crippen LogP contribution in [0.25, 0.3) is 0 Å². The van der Waals surface area contributed by atoms with Crippen LogP contribution in [0.3, 0.4) is 0 Å². The molecule has 5 heteroatoms. The maximum Gasteiger partial charge on any atom is 0.0991 e. The summed E-state index contributed by atoms with van der Waals surface area (Å²) < 4.78 is 1.90. The molecule has 102 valence electrons. The molecular formula is C15H15ClN4. The molecule has 1 saturated heterocycles. The lowest BCUT2D eigenvalue weighted by atomic mass is 9.99. The van der Waals surface area contributed by atoms with E-state index < -0.39 is 0 Å². The molecule has 4 nitrogen and oxygen atoms in total. The first-order chi connectivity index (χ1) is 9.72. The van der Waals surface area contributed by atoms with Gasteiger partial charge in [-0.2, -0.15) is 10.4 Å². The Morgan fingerprint density at radius 1 is 1.40 bits per heavy atom. The van der Waals surface area contributed by atoms with Gasteiger partial charge >= 0.3 is 0 Å². The lowest BCUT2D eigenvalue weighted by molar-refractivity contribution is 0.0778. The zero-order chi connectivity index (χ0) is 13.9. The molecule has 1 aromatic heterocycles. The third-order valence-electron chi connectivity index (χ3n) is 3.54. The molecule has 2 aromatic rings. The predicted molar refractivity (Wildman–Crippen MR) is 77.2 cm³/mol. The van der Waals surface area contributed by atoms with Gasteiger partial charge in [0.1, 0.15) is 0 Å². The molecule has 0 N–H and O–H groups in total. The van der Waals surface area contributed by atoms with E-state index in [0.717, 1.165) is 31.7 Å². The summed E-state index contributed by atoms with van der Waals surface area (Å²) in [5, 5.41) is 13.8. The molecular weight excluding hydrogens is 272 g/mol. The van der Waals surface area contributed by atoms with Crippen molar-refractivity contribution >= 4 is 11.6 Å². The van der Waals surface area contributed by atoms with Gasteiger partial charge in [0.15, 0.2) is 0 Å². The summed E-state index contributed by atoms with van der Waals surface area (Å²) in [5.41, 5.74) is 1.93. The highest BCUT2D eigenvalue weighted by Crippen LogP contribution is 2.21. The van der Waals surface area contributed by atoms with E-state index in [1.165, 1.54) is 5.56 Å². The molecule has 3 rings (SSSR count). The second-order valence-electron chi connectivity index (χ2n) is 5.25. The topological polar surface area (TPSA) is 44.9 Å². The molecule has 1 fully saturated rings. The molecule has 0 bridgehead atoms. The highest BCUT2D eigenvalue weighted by molar-refractivity contribution is 6.30. The molecule has 0 saturated carbocycles. The van der Waals surface area contributed by atoms with Gasteiger partial charge in [-0.3, -0.25) is 9.58 Å². The van der Waals surface area contributed by atoms with Crippen LogP contribution in [-0.4, -0.2) is 27.8 Å². The number of benzene rings is 1. The first-order valence-corrected chi connectivity index (χ1v) is 7.00. The zero-order valence-electron chi connectivity index (χ0n) is 11.0. The fourth-order valence-corrected chi connectivity index (χ4v) is 2.78. The molecule has 2 heterocycles. The van der Waals surface area contributed by atoms with E-state index in [0.29, 0.717) is 10.9 Å². The van der Waals surface area contributed by atoms with Crippen molar-refractivity contribution in [3.05, 3.63) is 52.8 Å². The Labute approximate surface area is 123 Å². The van der Waals surface area contributed by atoms with Crippen molar-refractivity contribution in [2.24, 2.45) is 5.92 Å². The Hall–Kier alpha value is -1.83. The fraction of sp³-hybridized carbons (Fsp3) is 0.333. The van der Waals surface area contributed by atoms with Crippen LogP contribution < -0.4 is 0 Å². The van der Waals surface area contributed by atoms with E-state index in [2.05, 4.69) is 22.1 Å². The van der Waals surface area contributed by atoms with Crippen LogP contribution in [0.15, 0.2) is 36.7 Å². The van der Waals surface area contributed by atoms with Gasteiger partial charge in [0.05, 0.1) is 22.9 Å². The molecule has 20 heavy (non-hydrogen) atoms. The van der Waals surface area contributed by atoms with Gasteiger partial charge in [-0.15, -0.1) is 0 Å². The first kappa shape index (κ1) is 13.2. The molecule has 1 aliphatic heterocycles. The van der Waals surface area contributed by atoms with Gasteiger partial charge < -0.3 is 0 Å². The SMILES string of the molecule is N#Cc1cccc(CN2CC(Cn3cc(Cl)cn3)C2)c1. The minimum absolute atomic E-state index is 0.630. The molecule has 0 amide bonds. The van der Waals surface area contributed by atoms with Crippen molar-refractivity contribution < 1.29 is 0 Å². The van der Waals surface area contributed by atoms with Crippen molar-refractivity contribution in [2.45, 2.75) is 13.1 Å². The van der Waals surface area contributed by atoms with Gasteiger partial charge in [-0.05, 0) is 17.7 Å². The molecule has 1 aromatic carbocycles. The maximum absolute atomic E-state index is 8.89. The monoisotopic (exact) mass is 286 g/mol. The standard InChI is InChI=1S/C15H15ClN4/c16-15-6-18-20(11-15)10-14-8-19(9-14)7-13-3-1-2-12(4-13)5-17/h1-4,6,11,14H,7-10H2. The van der Waals surface area contributed by atoms with E-state index in [1.807, 2.05) is 29.1 Å². The van der Waals surface area contributed by atoms with Crippen molar-refractivity contribution in [3.63, 3.8) is 0 Å². The number of rotatable bonds is 4. The van der Waals surface area contributed by atoms with Crippen LogP contribution in [-0.2, 0) is 13.1 Å². The van der Waals surface area contributed by atoms with Crippen LogP contribution >= 0.6 is 11.6 Å². The second-order valence-corrected chi connectivity index (χ2v) is 5.69. The Morgan fingerprint density at radius 3 is 2.95 bits per heavy atom. The number of hydrogen-bond acceptors (Lipinski definition) is 3. The highest BCUT2D eigenvalue weighted by Gasteiger charge is 2.26. The van der Waals surface area contributed by atoms with E-state index >= 15 is 0 Å². The van der Waals surface area contributed by atoms with E-state index in [9.17, 15) is 0 Å². The fourth-order valence-electron chi connectivity index (χ4n) is 2.62. The quantitative estimate of drug-likeness (QED) is 0.868. The third-order valence-corrected chi connectivity index (χ3v) is 3.74. The summed E-state index contributed by atoms with van der Waals surface area (Å²) in [6.07, 6.45) is 3.53. The van der Waals surface area contributed by atoms with Crippen molar-refractivity contribution in [1.82, 2.24) is 14.7 Å². The summed E-state index contributed by atoms with van der Waals surface area (Å²) in [5.74, 6) is 0.630.